The number of benzene rings is 2. The molecule has 0 aliphatic heterocycles. The minimum absolute atomic E-state index is 0.181. The van der Waals surface area contributed by atoms with Crippen LogP contribution in [-0.2, 0) is 11.3 Å². The average Bonchev–Trinajstić information content (AvgIpc) is 2.52. The minimum atomic E-state index is -0.454. The molecule has 3 nitrogen and oxygen atoms in total. The van der Waals surface area contributed by atoms with Crippen molar-refractivity contribution in [2.75, 3.05) is 7.11 Å². The highest BCUT2D eigenvalue weighted by Crippen LogP contribution is 2.18. The van der Waals surface area contributed by atoms with Gasteiger partial charge in [-0.1, -0.05) is 36.4 Å². The highest BCUT2D eigenvalue weighted by atomic mass is 19.1. The maximum atomic E-state index is 13.5. The summed E-state index contributed by atoms with van der Waals surface area (Å²) in [6.07, 6.45) is 2.94. The van der Waals surface area contributed by atoms with Crippen LogP contribution in [0.1, 0.15) is 11.1 Å². The molecule has 2 rings (SSSR count). The van der Waals surface area contributed by atoms with Crippen LogP contribution in [0.2, 0.25) is 0 Å². The van der Waals surface area contributed by atoms with Crippen LogP contribution < -0.4 is 10.1 Å². The molecule has 0 heterocycles. The van der Waals surface area contributed by atoms with Gasteiger partial charge in [0.1, 0.15) is 0 Å². The number of nitrogens with one attached hydrogen (secondary N) is 1. The zero-order chi connectivity index (χ0) is 15.1. The van der Waals surface area contributed by atoms with E-state index in [1.807, 2.05) is 30.3 Å². The summed E-state index contributed by atoms with van der Waals surface area (Å²) in [5.41, 5.74) is 1.62. The van der Waals surface area contributed by atoms with E-state index in [2.05, 4.69) is 5.32 Å². The molecule has 0 unspecified atom stereocenters. The molecule has 0 fully saturated rings. The second-order valence-corrected chi connectivity index (χ2v) is 4.43. The van der Waals surface area contributed by atoms with Crippen molar-refractivity contribution in [2.24, 2.45) is 0 Å². The molecule has 1 amide bonds. The van der Waals surface area contributed by atoms with E-state index in [-0.39, 0.29) is 11.7 Å². The topological polar surface area (TPSA) is 38.3 Å². The van der Waals surface area contributed by atoms with Crippen molar-refractivity contribution < 1.29 is 13.9 Å². The van der Waals surface area contributed by atoms with Crippen LogP contribution >= 0.6 is 0 Å². The summed E-state index contributed by atoms with van der Waals surface area (Å²) in [5.74, 6) is -0.500. The number of carbonyl (C=O) groups is 1. The number of amides is 1. The molecule has 2 aromatic carbocycles. The first kappa shape index (κ1) is 14.8. The third-order valence-corrected chi connectivity index (χ3v) is 2.91. The number of halogens is 1. The number of hydrogen-bond donors (Lipinski definition) is 1. The van der Waals surface area contributed by atoms with Gasteiger partial charge in [-0.25, -0.2) is 4.39 Å². The van der Waals surface area contributed by atoms with E-state index in [1.54, 1.807) is 12.1 Å². The molecule has 0 aromatic heterocycles. The van der Waals surface area contributed by atoms with Gasteiger partial charge in [-0.15, -0.1) is 0 Å². The lowest BCUT2D eigenvalue weighted by Crippen LogP contribution is -2.20. The third-order valence-electron chi connectivity index (χ3n) is 2.91. The molecular weight excluding hydrogens is 269 g/mol. The molecule has 0 saturated heterocycles. The Hall–Kier alpha value is -2.62. The van der Waals surface area contributed by atoms with Crippen molar-refractivity contribution in [3.05, 3.63) is 71.6 Å². The first-order chi connectivity index (χ1) is 10.2. The molecule has 0 bridgehead atoms. The van der Waals surface area contributed by atoms with Crippen molar-refractivity contribution in [3.63, 3.8) is 0 Å². The number of hydrogen-bond acceptors (Lipinski definition) is 2. The number of methoxy groups -OCH3 is 1. The maximum Gasteiger partial charge on any atom is 0.244 e. The fourth-order valence-electron chi connectivity index (χ4n) is 1.80. The first-order valence-corrected chi connectivity index (χ1v) is 6.52. The van der Waals surface area contributed by atoms with E-state index in [4.69, 9.17) is 4.74 Å². The van der Waals surface area contributed by atoms with Crippen LogP contribution in [0.15, 0.2) is 54.6 Å². The Balaban J connectivity index is 1.91. The molecule has 0 aliphatic carbocycles. The molecule has 0 aliphatic rings. The van der Waals surface area contributed by atoms with E-state index in [1.165, 1.54) is 25.3 Å². The molecule has 0 saturated carbocycles. The first-order valence-electron chi connectivity index (χ1n) is 6.52. The molecule has 0 spiro atoms. The largest absolute Gasteiger partial charge is 0.494 e. The highest BCUT2D eigenvalue weighted by molar-refractivity contribution is 5.91. The van der Waals surface area contributed by atoms with Gasteiger partial charge in [0.25, 0.3) is 0 Å². The quantitative estimate of drug-likeness (QED) is 0.857. The molecule has 0 atom stereocenters. The van der Waals surface area contributed by atoms with Gasteiger partial charge in [0.15, 0.2) is 11.6 Å². The average molecular weight is 285 g/mol. The fourth-order valence-corrected chi connectivity index (χ4v) is 1.80. The van der Waals surface area contributed by atoms with Gasteiger partial charge in [0, 0.05) is 12.6 Å². The van der Waals surface area contributed by atoms with Crippen LogP contribution in [0.4, 0.5) is 4.39 Å². The van der Waals surface area contributed by atoms with Gasteiger partial charge in [0.2, 0.25) is 5.91 Å². The van der Waals surface area contributed by atoms with Crippen LogP contribution in [0.25, 0.3) is 6.08 Å². The van der Waals surface area contributed by atoms with Crippen LogP contribution in [-0.4, -0.2) is 13.0 Å². The van der Waals surface area contributed by atoms with E-state index < -0.39 is 5.82 Å². The lowest BCUT2D eigenvalue weighted by atomic mass is 10.2. The normalized spacial score (nSPS) is 10.6. The molecule has 21 heavy (non-hydrogen) atoms. The smallest absolute Gasteiger partial charge is 0.244 e. The summed E-state index contributed by atoms with van der Waals surface area (Å²) in [6, 6.07) is 14.1. The third kappa shape index (κ3) is 4.45. The van der Waals surface area contributed by atoms with Crippen LogP contribution in [0.5, 0.6) is 5.75 Å². The Bertz CT molecular complexity index is 638. The Morgan fingerprint density at radius 1 is 1.24 bits per heavy atom. The molecule has 0 radical (unpaired) electrons. The van der Waals surface area contributed by atoms with Gasteiger partial charge in [-0.3, -0.25) is 4.79 Å². The van der Waals surface area contributed by atoms with Crippen LogP contribution in [0, 0.1) is 5.82 Å². The van der Waals surface area contributed by atoms with Crippen molar-refractivity contribution in [1.82, 2.24) is 5.32 Å². The van der Waals surface area contributed by atoms with Gasteiger partial charge in [0.05, 0.1) is 7.11 Å². The van der Waals surface area contributed by atoms with Gasteiger partial charge >= 0.3 is 0 Å². The van der Waals surface area contributed by atoms with Crippen molar-refractivity contribution in [1.29, 1.82) is 0 Å². The lowest BCUT2D eigenvalue weighted by molar-refractivity contribution is -0.116. The predicted molar refractivity (Wildman–Crippen MR) is 80.3 cm³/mol. The van der Waals surface area contributed by atoms with E-state index in [9.17, 15) is 9.18 Å². The molecule has 1 N–H and O–H groups in total. The Kier molecular flexibility index (Phi) is 5.10. The SMILES string of the molecule is COc1ccc(/C=C/C(=O)NCc2ccccc2)cc1F. The zero-order valence-corrected chi connectivity index (χ0v) is 11.7. The summed E-state index contributed by atoms with van der Waals surface area (Å²) in [5, 5.41) is 2.76. The van der Waals surface area contributed by atoms with Gasteiger partial charge in [-0.05, 0) is 29.3 Å². The highest BCUT2D eigenvalue weighted by Gasteiger charge is 2.02. The maximum absolute atomic E-state index is 13.5. The molecule has 4 heteroatoms. The molecule has 2 aromatic rings. The molecule has 108 valence electrons. The number of rotatable bonds is 5. The van der Waals surface area contributed by atoms with Gasteiger partial charge in [-0.2, -0.15) is 0 Å². The standard InChI is InChI=1S/C17H16FNO2/c1-21-16-9-7-13(11-15(16)18)8-10-17(20)19-12-14-5-3-2-4-6-14/h2-11H,12H2,1H3,(H,19,20)/b10-8+. The van der Waals surface area contributed by atoms with E-state index >= 15 is 0 Å². The Morgan fingerprint density at radius 3 is 2.67 bits per heavy atom. The van der Waals surface area contributed by atoms with E-state index in [0.717, 1.165) is 5.56 Å². The summed E-state index contributed by atoms with van der Waals surface area (Å²) in [4.78, 5) is 11.7. The summed E-state index contributed by atoms with van der Waals surface area (Å²) in [7, 11) is 1.41. The number of ether oxygens (including phenoxy) is 1. The van der Waals surface area contributed by atoms with Gasteiger partial charge < -0.3 is 10.1 Å². The number of carbonyl (C=O) groups excluding carboxylic acids is 1. The second-order valence-electron chi connectivity index (χ2n) is 4.43. The Labute approximate surface area is 123 Å². The Morgan fingerprint density at radius 2 is 2.00 bits per heavy atom. The monoisotopic (exact) mass is 285 g/mol. The van der Waals surface area contributed by atoms with Crippen molar-refractivity contribution >= 4 is 12.0 Å². The fraction of sp³-hybridized carbons (Fsp3) is 0.118. The van der Waals surface area contributed by atoms with Crippen molar-refractivity contribution in [3.8, 4) is 5.75 Å². The van der Waals surface area contributed by atoms with E-state index in [0.29, 0.717) is 12.1 Å². The zero-order valence-electron chi connectivity index (χ0n) is 11.7. The summed E-state index contributed by atoms with van der Waals surface area (Å²) >= 11 is 0. The summed E-state index contributed by atoms with van der Waals surface area (Å²) in [6.45, 7) is 0.459. The lowest BCUT2D eigenvalue weighted by Gasteiger charge is -2.03. The summed E-state index contributed by atoms with van der Waals surface area (Å²) < 4.78 is 18.3. The minimum Gasteiger partial charge on any atom is -0.494 e. The van der Waals surface area contributed by atoms with Crippen molar-refractivity contribution in [2.45, 2.75) is 6.54 Å². The molecular formula is C17H16FNO2. The predicted octanol–water partition coefficient (Wildman–Crippen LogP) is 3.16. The second kappa shape index (κ2) is 7.24. The van der Waals surface area contributed by atoms with Crippen LogP contribution in [0.3, 0.4) is 0 Å².